The predicted octanol–water partition coefficient (Wildman–Crippen LogP) is 4.03. The van der Waals surface area contributed by atoms with E-state index in [1.54, 1.807) is 24.3 Å². The second kappa shape index (κ2) is 9.72. The molecule has 0 saturated heterocycles. The Morgan fingerprint density at radius 3 is 2.51 bits per heavy atom. The van der Waals surface area contributed by atoms with Crippen LogP contribution in [-0.4, -0.2) is 47.4 Å². The second-order valence-electron chi connectivity index (χ2n) is 7.73. The van der Waals surface area contributed by atoms with Gasteiger partial charge in [0.2, 0.25) is 5.78 Å². The number of Topliss-reactive ketones (excluding diaryl/α,β-unsaturated/α-hetero) is 1. The van der Waals surface area contributed by atoms with Crippen molar-refractivity contribution in [3.63, 3.8) is 0 Å². The molecule has 1 N–H and O–H groups in total. The molecule has 180 valence electrons. The van der Waals surface area contributed by atoms with Gasteiger partial charge in [-0.15, -0.1) is 0 Å². The van der Waals surface area contributed by atoms with Crippen LogP contribution in [-0.2, 0) is 11.2 Å². The van der Waals surface area contributed by atoms with Gasteiger partial charge in [0.25, 0.3) is 11.6 Å². The highest BCUT2D eigenvalue weighted by atomic mass is 16.6. The number of ketones is 1. The molecule has 0 bridgehead atoms. The molecule has 1 aliphatic heterocycles. The Balaban J connectivity index is 1.74. The largest absolute Gasteiger partial charge is 0.503 e. The zero-order valence-electron chi connectivity index (χ0n) is 19.0. The topological polar surface area (TPSA) is 132 Å². The zero-order chi connectivity index (χ0) is 25.1. The van der Waals surface area contributed by atoms with Gasteiger partial charge in [-0.1, -0.05) is 18.2 Å². The fourth-order valence-electron chi connectivity index (χ4n) is 4.15. The third-order valence-electron chi connectivity index (χ3n) is 5.81. The Morgan fingerprint density at radius 1 is 1.11 bits per heavy atom. The molecule has 1 aromatic heterocycles. The molecule has 1 aliphatic rings. The maximum atomic E-state index is 13.2. The number of ether oxygens (including phenoxy) is 2. The Labute approximate surface area is 200 Å². The average Bonchev–Trinajstić information content (AvgIpc) is 3.49. The smallest absolute Gasteiger partial charge is 0.290 e. The molecule has 1 amide bonds. The van der Waals surface area contributed by atoms with Crippen LogP contribution in [0, 0.1) is 10.1 Å². The third-order valence-corrected chi connectivity index (χ3v) is 5.81. The predicted molar refractivity (Wildman–Crippen MR) is 123 cm³/mol. The van der Waals surface area contributed by atoms with Gasteiger partial charge in [0.15, 0.2) is 23.0 Å². The lowest BCUT2D eigenvalue weighted by Gasteiger charge is -2.26. The quantitative estimate of drug-likeness (QED) is 0.277. The van der Waals surface area contributed by atoms with Crippen LogP contribution in [0.25, 0.3) is 0 Å². The lowest BCUT2D eigenvalue weighted by Crippen LogP contribution is -2.33. The molecule has 10 nitrogen and oxygen atoms in total. The highest BCUT2D eigenvalue weighted by Crippen LogP contribution is 2.42. The summed E-state index contributed by atoms with van der Waals surface area (Å²) in [4.78, 5) is 38.8. The minimum absolute atomic E-state index is 0.0596. The van der Waals surface area contributed by atoms with Crippen LogP contribution in [0.15, 0.2) is 76.6 Å². The molecule has 4 rings (SSSR count). The molecule has 2 heterocycles. The molecule has 35 heavy (non-hydrogen) atoms. The van der Waals surface area contributed by atoms with Gasteiger partial charge < -0.3 is 23.9 Å². The van der Waals surface area contributed by atoms with Crippen LogP contribution in [0.3, 0.4) is 0 Å². The summed E-state index contributed by atoms with van der Waals surface area (Å²) < 4.78 is 15.8. The molecular weight excluding hydrogens is 456 g/mol. The summed E-state index contributed by atoms with van der Waals surface area (Å²) in [5.74, 6) is -1.34. The summed E-state index contributed by atoms with van der Waals surface area (Å²) in [5, 5.41) is 22.5. The van der Waals surface area contributed by atoms with Gasteiger partial charge in [-0.2, -0.15) is 0 Å². The highest BCUT2D eigenvalue weighted by Gasteiger charge is 2.46. The number of rotatable bonds is 9. The number of hydrogen-bond donors (Lipinski definition) is 1. The second-order valence-corrected chi connectivity index (χ2v) is 7.73. The van der Waals surface area contributed by atoms with Crippen molar-refractivity contribution in [2.24, 2.45) is 0 Å². The minimum atomic E-state index is -1.18. The maximum absolute atomic E-state index is 13.2. The van der Waals surface area contributed by atoms with Gasteiger partial charge in [-0.25, -0.2) is 0 Å². The van der Waals surface area contributed by atoms with Crippen molar-refractivity contribution in [2.45, 2.75) is 12.5 Å². The normalized spacial score (nSPS) is 15.4. The molecule has 0 radical (unpaired) electrons. The summed E-state index contributed by atoms with van der Waals surface area (Å²) in [7, 11) is 3.02. The number of nitrogens with zero attached hydrogens (tertiary/aromatic N) is 2. The average molecular weight is 478 g/mol. The number of amides is 1. The van der Waals surface area contributed by atoms with Crippen molar-refractivity contribution in [2.75, 3.05) is 20.8 Å². The summed E-state index contributed by atoms with van der Waals surface area (Å²) in [6.07, 6.45) is 1.61. The molecule has 0 fully saturated rings. The standard InChI is InChI=1S/C25H22N2O8/c1-33-18-10-9-15(14-20(18)34-2)11-12-26-22(16-6-3-4-7-17(16)27(31)32)21(24(29)25(26)30)23(28)19-8-5-13-35-19/h3-10,13-14,22,29H,11-12H2,1-2H3. The Morgan fingerprint density at radius 2 is 1.86 bits per heavy atom. The molecule has 0 aliphatic carbocycles. The van der Waals surface area contributed by atoms with Crippen molar-refractivity contribution < 1.29 is 33.5 Å². The molecule has 2 aromatic carbocycles. The number of hydrogen-bond acceptors (Lipinski definition) is 8. The van der Waals surface area contributed by atoms with Gasteiger partial charge in [0.1, 0.15) is 0 Å². The van der Waals surface area contributed by atoms with E-state index in [0.29, 0.717) is 17.9 Å². The van der Waals surface area contributed by atoms with Gasteiger partial charge >= 0.3 is 0 Å². The first-order valence-electron chi connectivity index (χ1n) is 10.6. The lowest BCUT2D eigenvalue weighted by atomic mass is 9.93. The highest BCUT2D eigenvalue weighted by molar-refractivity contribution is 6.15. The number of furan rings is 1. The van der Waals surface area contributed by atoms with E-state index in [9.17, 15) is 24.8 Å². The molecule has 3 aromatic rings. The molecule has 0 spiro atoms. The Bertz CT molecular complexity index is 1310. The number of para-hydroxylation sites is 1. The van der Waals surface area contributed by atoms with Crippen LogP contribution in [0.2, 0.25) is 0 Å². The number of methoxy groups -OCH3 is 2. The van der Waals surface area contributed by atoms with Gasteiger partial charge in [-0.05, 0) is 42.3 Å². The van der Waals surface area contributed by atoms with Crippen LogP contribution in [0.4, 0.5) is 5.69 Å². The van der Waals surface area contributed by atoms with Crippen molar-refractivity contribution in [1.82, 2.24) is 4.90 Å². The number of carbonyl (C=O) groups is 2. The van der Waals surface area contributed by atoms with E-state index in [4.69, 9.17) is 13.9 Å². The van der Waals surface area contributed by atoms with Crippen LogP contribution in [0.5, 0.6) is 11.5 Å². The summed E-state index contributed by atoms with van der Waals surface area (Å²) in [5.41, 5.74) is 0.353. The number of aliphatic hydroxyl groups is 1. The van der Waals surface area contributed by atoms with E-state index in [1.165, 1.54) is 55.7 Å². The number of nitro benzene ring substituents is 1. The first kappa shape index (κ1) is 23.6. The number of benzene rings is 2. The van der Waals surface area contributed by atoms with Crippen molar-refractivity contribution in [1.29, 1.82) is 0 Å². The van der Waals surface area contributed by atoms with E-state index in [1.807, 2.05) is 0 Å². The molecule has 0 saturated carbocycles. The van der Waals surface area contributed by atoms with E-state index < -0.39 is 28.4 Å². The fourth-order valence-corrected chi connectivity index (χ4v) is 4.15. The summed E-state index contributed by atoms with van der Waals surface area (Å²) in [6.45, 7) is 0.0596. The van der Waals surface area contributed by atoms with Gasteiger partial charge in [0.05, 0.1) is 42.6 Å². The minimum Gasteiger partial charge on any atom is -0.503 e. The van der Waals surface area contributed by atoms with Gasteiger partial charge in [-0.3, -0.25) is 19.7 Å². The van der Waals surface area contributed by atoms with Crippen molar-refractivity contribution >= 4 is 17.4 Å². The SMILES string of the molecule is COc1ccc(CCN2C(=O)C(O)=C(C(=O)c3ccco3)C2c2ccccc2[N+](=O)[O-])cc1OC. The lowest BCUT2D eigenvalue weighted by molar-refractivity contribution is -0.385. The third kappa shape index (κ3) is 4.33. The van der Waals surface area contributed by atoms with E-state index in [2.05, 4.69) is 0 Å². The van der Waals surface area contributed by atoms with Crippen molar-refractivity contribution in [3.05, 3.63) is 99.2 Å². The first-order chi connectivity index (χ1) is 16.9. The zero-order valence-corrected chi connectivity index (χ0v) is 19.0. The molecule has 10 heteroatoms. The van der Waals surface area contributed by atoms with Crippen LogP contribution < -0.4 is 9.47 Å². The number of nitro groups is 1. The maximum Gasteiger partial charge on any atom is 0.290 e. The Kier molecular flexibility index (Phi) is 6.54. The van der Waals surface area contributed by atoms with E-state index >= 15 is 0 Å². The van der Waals surface area contributed by atoms with Crippen LogP contribution in [0.1, 0.15) is 27.7 Å². The number of aliphatic hydroxyl groups excluding tert-OH is 1. The first-order valence-corrected chi connectivity index (χ1v) is 10.6. The van der Waals surface area contributed by atoms with Crippen LogP contribution >= 0.6 is 0 Å². The van der Waals surface area contributed by atoms with Gasteiger partial charge in [0, 0.05) is 12.6 Å². The summed E-state index contributed by atoms with van der Waals surface area (Å²) >= 11 is 0. The van der Waals surface area contributed by atoms with Crippen molar-refractivity contribution in [3.8, 4) is 11.5 Å². The fraction of sp³-hybridized carbons (Fsp3) is 0.200. The molecular formula is C25H22N2O8. The van der Waals surface area contributed by atoms with E-state index in [-0.39, 0.29) is 29.1 Å². The molecule has 1 atom stereocenters. The Hall–Kier alpha value is -4.60. The summed E-state index contributed by atoms with van der Waals surface area (Å²) in [6, 6.07) is 12.8. The molecule has 1 unspecified atom stereocenters. The monoisotopic (exact) mass is 478 g/mol. The van der Waals surface area contributed by atoms with E-state index in [0.717, 1.165) is 5.56 Å². The number of carbonyl (C=O) groups excluding carboxylic acids is 2.